The summed E-state index contributed by atoms with van der Waals surface area (Å²) in [6.07, 6.45) is -0.451. The maximum atomic E-state index is 14.7. The number of rotatable bonds is 17. The van der Waals surface area contributed by atoms with Gasteiger partial charge in [0, 0.05) is 54.3 Å². The van der Waals surface area contributed by atoms with Crippen LogP contribution in [0, 0.1) is 0 Å². The highest BCUT2D eigenvalue weighted by Crippen LogP contribution is 2.44. The Labute approximate surface area is 295 Å². The molecule has 51 heavy (non-hydrogen) atoms. The summed E-state index contributed by atoms with van der Waals surface area (Å²) in [7, 11) is 6.17. The number of methoxy groups -OCH3 is 4. The lowest BCUT2D eigenvalue weighted by molar-refractivity contribution is -0.130. The van der Waals surface area contributed by atoms with Crippen molar-refractivity contribution in [3.05, 3.63) is 118 Å². The highest BCUT2D eigenvalue weighted by atomic mass is 16.5. The topological polar surface area (TPSA) is 178 Å². The van der Waals surface area contributed by atoms with E-state index in [2.05, 4.69) is 20.9 Å². The third-order valence-electron chi connectivity index (χ3n) is 8.31. The molecule has 2 atom stereocenters. The van der Waals surface area contributed by atoms with Crippen molar-refractivity contribution in [2.24, 2.45) is 10.1 Å². The molecule has 0 unspecified atom stereocenters. The summed E-state index contributed by atoms with van der Waals surface area (Å²) in [6.45, 7) is 0.504. The summed E-state index contributed by atoms with van der Waals surface area (Å²) in [5, 5.41) is 13.0. The molecular formula is C37H40N6O8. The van der Waals surface area contributed by atoms with Gasteiger partial charge in [-0.2, -0.15) is 0 Å². The molecule has 1 heterocycles. The number of nitrogens with one attached hydrogen (secondary N) is 2. The third-order valence-corrected chi connectivity index (χ3v) is 8.31. The molecule has 1 aliphatic rings. The molecular weight excluding hydrogens is 656 g/mol. The standard InChI is InChI=1S/C37H40N6O8/c1-46-28-11-7-10-25(19-28)34-37(22-26-9-5-6-12-31(26)41-43-38,40-35(51-34)24-13-15-27(16-14-24)50-18-8-17-44)36(45)42-39-23-30-32(48-3)20-29(47-2)21-33(30)49-4/h5-7,9-16,19-21,34,39,44H,8,17-18,22-23H2,1-4H3,(H,42,45)/t34-,37-/m0/s1. The SMILES string of the molecule is COc1cccc([C@@H]2OC(c3ccc(OCCCO)cc3)=N[C@]2(Cc2ccccc2N=[N+]=[N-])C(=O)NNCc2c(OC)cc(OC)cc2OC)c1. The van der Waals surface area contributed by atoms with Crippen molar-refractivity contribution >= 4 is 17.5 Å². The average Bonchev–Trinajstić information content (AvgIpc) is 3.56. The number of amides is 1. The highest BCUT2D eigenvalue weighted by molar-refractivity contribution is 6.01. The van der Waals surface area contributed by atoms with Crippen molar-refractivity contribution in [3.8, 4) is 28.7 Å². The van der Waals surface area contributed by atoms with Crippen LogP contribution < -0.4 is 34.5 Å². The molecule has 1 amide bonds. The number of hydrazine groups is 1. The molecule has 266 valence electrons. The molecule has 14 nitrogen and oxygen atoms in total. The molecule has 1 aliphatic heterocycles. The number of carbonyl (C=O) groups is 1. The van der Waals surface area contributed by atoms with Gasteiger partial charge in [0.15, 0.2) is 11.6 Å². The molecule has 0 radical (unpaired) electrons. The van der Waals surface area contributed by atoms with Gasteiger partial charge in [-0.25, -0.2) is 10.4 Å². The van der Waals surface area contributed by atoms with Crippen molar-refractivity contribution in [1.82, 2.24) is 10.9 Å². The molecule has 0 aliphatic carbocycles. The predicted molar refractivity (Wildman–Crippen MR) is 190 cm³/mol. The molecule has 0 aromatic heterocycles. The van der Waals surface area contributed by atoms with E-state index in [1.807, 2.05) is 12.1 Å². The number of nitrogens with zero attached hydrogens (tertiary/aromatic N) is 4. The van der Waals surface area contributed by atoms with Gasteiger partial charge in [0.25, 0.3) is 5.91 Å². The van der Waals surface area contributed by atoms with Crippen LogP contribution in [0.1, 0.15) is 34.8 Å². The van der Waals surface area contributed by atoms with Gasteiger partial charge in [0.1, 0.15) is 28.7 Å². The molecule has 0 fully saturated rings. The van der Waals surface area contributed by atoms with Crippen molar-refractivity contribution in [2.75, 3.05) is 41.7 Å². The Balaban J connectivity index is 1.58. The Hall–Kier alpha value is -5.95. The molecule has 0 saturated heterocycles. The lowest BCUT2D eigenvalue weighted by Crippen LogP contribution is -2.53. The third kappa shape index (κ3) is 8.27. The smallest absolute Gasteiger partial charge is 0.266 e. The number of carbonyl (C=O) groups excluding carboxylic acids is 1. The summed E-state index contributed by atoms with van der Waals surface area (Å²) >= 11 is 0. The second-order valence-corrected chi connectivity index (χ2v) is 11.4. The van der Waals surface area contributed by atoms with Crippen molar-refractivity contribution in [1.29, 1.82) is 0 Å². The van der Waals surface area contributed by atoms with Gasteiger partial charge in [-0.1, -0.05) is 41.5 Å². The maximum absolute atomic E-state index is 14.7. The minimum atomic E-state index is -1.62. The molecule has 5 rings (SSSR count). The van der Waals surface area contributed by atoms with Crippen LogP contribution in [0.2, 0.25) is 0 Å². The molecule has 4 aromatic carbocycles. The Bertz CT molecular complexity index is 1870. The van der Waals surface area contributed by atoms with E-state index in [0.29, 0.717) is 69.7 Å². The lowest BCUT2D eigenvalue weighted by atomic mass is 9.81. The van der Waals surface area contributed by atoms with Crippen molar-refractivity contribution in [3.63, 3.8) is 0 Å². The lowest BCUT2D eigenvalue weighted by Gasteiger charge is -2.31. The summed E-state index contributed by atoms with van der Waals surface area (Å²) in [6, 6.07) is 24.8. The van der Waals surface area contributed by atoms with Gasteiger partial charge in [-0.3, -0.25) is 10.2 Å². The number of hydrogen-bond acceptors (Lipinski definition) is 11. The summed E-state index contributed by atoms with van der Waals surface area (Å²) < 4.78 is 34.4. The first kappa shape index (κ1) is 36.3. The monoisotopic (exact) mass is 696 g/mol. The fourth-order valence-electron chi connectivity index (χ4n) is 5.76. The Morgan fingerprint density at radius 1 is 0.922 bits per heavy atom. The van der Waals surface area contributed by atoms with Crippen LogP contribution in [0.4, 0.5) is 5.69 Å². The van der Waals surface area contributed by atoms with Gasteiger partial charge in [0.2, 0.25) is 5.90 Å². The first-order chi connectivity index (χ1) is 24.9. The summed E-state index contributed by atoms with van der Waals surface area (Å²) in [5.41, 5.74) is 16.4. The molecule has 0 saturated carbocycles. The Morgan fingerprint density at radius 3 is 2.31 bits per heavy atom. The molecule has 14 heteroatoms. The van der Waals surface area contributed by atoms with E-state index in [-0.39, 0.29) is 25.5 Å². The Morgan fingerprint density at radius 2 is 1.65 bits per heavy atom. The van der Waals surface area contributed by atoms with Gasteiger partial charge >= 0.3 is 0 Å². The quantitative estimate of drug-likeness (QED) is 0.0408. The van der Waals surface area contributed by atoms with Crippen LogP contribution in [0.25, 0.3) is 10.4 Å². The van der Waals surface area contributed by atoms with Crippen LogP contribution in [0.5, 0.6) is 28.7 Å². The number of aliphatic hydroxyl groups excluding tert-OH is 1. The van der Waals surface area contributed by atoms with E-state index < -0.39 is 17.6 Å². The van der Waals surface area contributed by atoms with E-state index in [1.165, 1.54) is 14.2 Å². The first-order valence-corrected chi connectivity index (χ1v) is 16.1. The number of hydrogen-bond donors (Lipinski definition) is 3. The van der Waals surface area contributed by atoms with Crippen LogP contribution >= 0.6 is 0 Å². The molecule has 4 aromatic rings. The zero-order chi connectivity index (χ0) is 36.2. The fourth-order valence-corrected chi connectivity index (χ4v) is 5.76. The molecule has 0 bridgehead atoms. The minimum Gasteiger partial charge on any atom is -0.497 e. The van der Waals surface area contributed by atoms with E-state index >= 15 is 0 Å². The normalized spacial score (nSPS) is 16.3. The van der Waals surface area contributed by atoms with Crippen molar-refractivity contribution in [2.45, 2.75) is 31.0 Å². The Kier molecular flexibility index (Phi) is 12.2. The van der Waals surface area contributed by atoms with Crippen LogP contribution in [0.15, 0.2) is 95.0 Å². The highest BCUT2D eigenvalue weighted by Gasteiger charge is 2.53. The van der Waals surface area contributed by atoms with E-state index in [1.54, 1.807) is 87.0 Å². The zero-order valence-corrected chi connectivity index (χ0v) is 28.8. The minimum absolute atomic E-state index is 0.00137. The summed E-state index contributed by atoms with van der Waals surface area (Å²) in [5.74, 6) is 2.41. The van der Waals surface area contributed by atoms with Gasteiger partial charge < -0.3 is 33.5 Å². The van der Waals surface area contributed by atoms with Crippen LogP contribution in [-0.4, -0.2) is 64.1 Å². The number of aliphatic hydroxyl groups is 1. The van der Waals surface area contributed by atoms with Gasteiger partial charge in [-0.05, 0) is 53.1 Å². The predicted octanol–water partition coefficient (Wildman–Crippen LogP) is 5.74. The maximum Gasteiger partial charge on any atom is 0.266 e. The number of azide groups is 1. The first-order valence-electron chi connectivity index (χ1n) is 16.1. The molecule has 3 N–H and O–H groups in total. The zero-order valence-electron chi connectivity index (χ0n) is 28.8. The number of ether oxygens (including phenoxy) is 6. The number of benzene rings is 4. The van der Waals surface area contributed by atoms with Crippen molar-refractivity contribution < 1.29 is 38.3 Å². The molecule has 0 spiro atoms. The van der Waals surface area contributed by atoms with E-state index in [0.717, 1.165) is 0 Å². The fraction of sp³-hybridized carbons (Fsp3) is 0.297. The van der Waals surface area contributed by atoms with Gasteiger partial charge in [0.05, 0.1) is 40.6 Å². The summed E-state index contributed by atoms with van der Waals surface area (Å²) in [4.78, 5) is 22.8. The largest absolute Gasteiger partial charge is 0.497 e. The van der Waals surface area contributed by atoms with Crippen LogP contribution in [-0.2, 0) is 22.5 Å². The average molecular weight is 697 g/mol. The second-order valence-electron chi connectivity index (χ2n) is 11.4. The van der Waals surface area contributed by atoms with E-state index in [4.69, 9.17) is 38.5 Å². The van der Waals surface area contributed by atoms with Gasteiger partial charge in [-0.15, -0.1) is 0 Å². The van der Waals surface area contributed by atoms with Crippen LogP contribution in [0.3, 0.4) is 0 Å². The number of aliphatic imine (C=N–C) groups is 1. The second kappa shape index (κ2) is 17.1. The van der Waals surface area contributed by atoms with E-state index in [9.17, 15) is 10.3 Å².